The quantitative estimate of drug-likeness (QED) is 0.0383. The van der Waals surface area contributed by atoms with Crippen molar-refractivity contribution in [3.63, 3.8) is 0 Å². The summed E-state index contributed by atoms with van der Waals surface area (Å²) in [7, 11) is -4.76. The molecule has 43 heavy (non-hydrogen) atoms. The molecule has 0 aromatic rings. The van der Waals surface area contributed by atoms with E-state index in [0.717, 1.165) is 77.0 Å². The second-order valence-corrected chi connectivity index (χ2v) is 11.6. The van der Waals surface area contributed by atoms with Crippen molar-refractivity contribution < 1.29 is 37.9 Å². The highest BCUT2D eigenvalue weighted by molar-refractivity contribution is 7.46. The average Bonchev–Trinajstić information content (AvgIpc) is 2.97. The minimum atomic E-state index is -4.76. The molecule has 0 radical (unpaired) electrons. The number of esters is 2. The van der Waals surface area contributed by atoms with Gasteiger partial charge in [-0.1, -0.05) is 100 Å². The molecule has 0 saturated heterocycles. The van der Waals surface area contributed by atoms with Crippen LogP contribution in [0.2, 0.25) is 0 Å². The minimum Gasteiger partial charge on any atom is -0.462 e. The molecular weight excluding hydrogens is 567 g/mol. The van der Waals surface area contributed by atoms with Crippen molar-refractivity contribution in [2.24, 2.45) is 0 Å². The monoisotopic (exact) mass is 624 g/mol. The van der Waals surface area contributed by atoms with E-state index < -0.39 is 32.5 Å². The molecule has 8 nitrogen and oxygen atoms in total. The Labute approximate surface area is 260 Å². The van der Waals surface area contributed by atoms with Gasteiger partial charge in [0.2, 0.25) is 0 Å². The number of phosphoric acid groups is 1. The lowest BCUT2D eigenvalue weighted by Crippen LogP contribution is -2.29. The molecule has 1 unspecified atom stereocenters. The molecule has 0 fully saturated rings. The van der Waals surface area contributed by atoms with Crippen molar-refractivity contribution in [2.45, 2.75) is 129 Å². The molecule has 0 spiro atoms. The van der Waals surface area contributed by atoms with Crippen molar-refractivity contribution in [1.82, 2.24) is 0 Å². The van der Waals surface area contributed by atoms with E-state index in [0.29, 0.717) is 12.8 Å². The summed E-state index contributed by atoms with van der Waals surface area (Å²) < 4.78 is 26.1. The van der Waals surface area contributed by atoms with Gasteiger partial charge in [0.1, 0.15) is 6.61 Å². The topological polar surface area (TPSA) is 119 Å². The highest BCUT2D eigenvalue weighted by atomic mass is 31.2. The van der Waals surface area contributed by atoms with Gasteiger partial charge in [-0.2, -0.15) is 0 Å². The molecule has 2 N–H and O–H groups in total. The van der Waals surface area contributed by atoms with Gasteiger partial charge >= 0.3 is 19.8 Å². The molecule has 0 aliphatic carbocycles. The van der Waals surface area contributed by atoms with E-state index in [1.807, 2.05) is 0 Å². The first kappa shape index (κ1) is 40.8. The summed E-state index contributed by atoms with van der Waals surface area (Å²) in [5.74, 6) is -0.956. The summed E-state index contributed by atoms with van der Waals surface area (Å²) in [6.45, 7) is 3.42. The van der Waals surface area contributed by atoms with Gasteiger partial charge in [0.05, 0.1) is 6.61 Å². The Hall–Kier alpha value is -2.25. The molecule has 0 aromatic carbocycles. The van der Waals surface area contributed by atoms with E-state index in [9.17, 15) is 14.2 Å². The predicted molar refractivity (Wildman–Crippen MR) is 174 cm³/mol. The lowest BCUT2D eigenvalue weighted by atomic mass is 10.1. The maximum atomic E-state index is 12.3. The number of hydrogen-bond acceptors (Lipinski definition) is 6. The molecule has 1 atom stereocenters. The summed E-state index contributed by atoms with van der Waals surface area (Å²) in [4.78, 5) is 42.4. The van der Waals surface area contributed by atoms with Gasteiger partial charge in [-0.25, -0.2) is 4.57 Å². The Morgan fingerprint density at radius 1 is 0.628 bits per heavy atom. The van der Waals surface area contributed by atoms with Crippen molar-refractivity contribution >= 4 is 19.8 Å². The number of ether oxygens (including phenoxy) is 2. The zero-order valence-electron chi connectivity index (χ0n) is 26.6. The normalized spacial score (nSPS) is 13.3. The van der Waals surface area contributed by atoms with E-state index in [4.69, 9.17) is 19.3 Å². The number of rotatable bonds is 28. The van der Waals surface area contributed by atoms with Crippen LogP contribution in [0.3, 0.4) is 0 Å². The fourth-order valence-corrected chi connectivity index (χ4v) is 4.25. The van der Waals surface area contributed by atoms with Crippen LogP contribution < -0.4 is 0 Å². The van der Waals surface area contributed by atoms with Crippen LogP contribution in [0.4, 0.5) is 0 Å². The van der Waals surface area contributed by atoms with Gasteiger partial charge in [0.25, 0.3) is 0 Å². The van der Waals surface area contributed by atoms with Crippen molar-refractivity contribution in [2.75, 3.05) is 13.2 Å². The lowest BCUT2D eigenvalue weighted by molar-refractivity contribution is -0.161. The minimum absolute atomic E-state index is 0.155. The zero-order chi connectivity index (χ0) is 31.9. The molecule has 0 aliphatic heterocycles. The Bertz CT molecular complexity index is 885. The Kier molecular flexibility index (Phi) is 28.2. The molecule has 0 amide bonds. The van der Waals surface area contributed by atoms with Gasteiger partial charge in [-0.3, -0.25) is 14.1 Å². The SMILES string of the molecule is CC/C=C\C/C=C\C/C=C\C/C=C\CCCCC(=O)OC(COC(=O)CCCCCCC/C=C\CCC)COP(=O)(O)O. The van der Waals surface area contributed by atoms with E-state index >= 15 is 0 Å². The first-order valence-electron chi connectivity index (χ1n) is 16.1. The first-order chi connectivity index (χ1) is 20.8. The van der Waals surface area contributed by atoms with E-state index in [2.05, 4.69) is 79.1 Å². The second-order valence-electron chi connectivity index (χ2n) is 10.4. The Balaban J connectivity index is 4.15. The highest BCUT2D eigenvalue weighted by Crippen LogP contribution is 2.35. The smallest absolute Gasteiger partial charge is 0.462 e. The highest BCUT2D eigenvalue weighted by Gasteiger charge is 2.22. The summed E-state index contributed by atoms with van der Waals surface area (Å²) >= 11 is 0. The molecule has 0 aliphatic rings. The van der Waals surface area contributed by atoms with Crippen LogP contribution in [0.15, 0.2) is 60.8 Å². The molecule has 246 valence electrons. The molecule has 0 heterocycles. The third-order valence-electron chi connectivity index (χ3n) is 6.25. The average molecular weight is 625 g/mol. The molecular formula is C34H57O8P. The van der Waals surface area contributed by atoms with Crippen molar-refractivity contribution in [3.8, 4) is 0 Å². The fourth-order valence-electron chi connectivity index (χ4n) is 3.89. The third-order valence-corrected chi connectivity index (χ3v) is 6.74. The number of unbranched alkanes of at least 4 members (excludes halogenated alkanes) is 8. The van der Waals surface area contributed by atoms with Gasteiger partial charge in [-0.05, 0) is 70.6 Å². The number of hydrogen-bond donors (Lipinski definition) is 2. The van der Waals surface area contributed by atoms with Crippen LogP contribution in [-0.2, 0) is 28.2 Å². The predicted octanol–water partition coefficient (Wildman–Crippen LogP) is 9.00. The summed E-state index contributed by atoms with van der Waals surface area (Å²) in [5.41, 5.74) is 0. The van der Waals surface area contributed by atoms with Crippen LogP contribution >= 0.6 is 7.82 Å². The van der Waals surface area contributed by atoms with Gasteiger partial charge < -0.3 is 19.3 Å². The zero-order valence-corrected chi connectivity index (χ0v) is 27.5. The molecule has 0 saturated carbocycles. The third kappa shape index (κ3) is 32.5. The van der Waals surface area contributed by atoms with Crippen LogP contribution in [-0.4, -0.2) is 41.0 Å². The van der Waals surface area contributed by atoms with E-state index in [1.54, 1.807) is 0 Å². The summed E-state index contributed by atoms with van der Waals surface area (Å²) in [6, 6.07) is 0. The molecule has 0 rings (SSSR count). The van der Waals surface area contributed by atoms with Crippen LogP contribution in [0.25, 0.3) is 0 Å². The maximum Gasteiger partial charge on any atom is 0.469 e. The standard InChI is InChI=1S/C34H57O8P/c1-3-5-7-9-11-13-15-16-17-18-19-21-23-25-27-29-34(36)42-32(31-41-43(37,38)39)30-40-33(35)28-26-24-22-20-14-12-10-8-6-4-2/h5,7-8,10-11,13,16-17,19,21,32H,3-4,6,9,12,14-15,18,20,22-31H2,1-2H3,(H2,37,38,39)/b7-5-,10-8-,13-11-,17-16-,21-19-. The van der Waals surface area contributed by atoms with Crippen LogP contribution in [0, 0.1) is 0 Å². The number of allylic oxidation sites excluding steroid dienone is 10. The van der Waals surface area contributed by atoms with Gasteiger partial charge in [0.15, 0.2) is 6.10 Å². The summed E-state index contributed by atoms with van der Waals surface area (Å²) in [5, 5.41) is 0. The van der Waals surface area contributed by atoms with Crippen molar-refractivity contribution in [1.29, 1.82) is 0 Å². The Morgan fingerprint density at radius 3 is 1.74 bits per heavy atom. The van der Waals surface area contributed by atoms with E-state index in [1.165, 1.54) is 6.42 Å². The molecule has 9 heteroatoms. The largest absolute Gasteiger partial charge is 0.469 e. The summed E-state index contributed by atoms with van der Waals surface area (Å²) in [6.07, 6.45) is 35.3. The van der Waals surface area contributed by atoms with Crippen molar-refractivity contribution in [3.05, 3.63) is 60.8 Å². The number of carbonyl (C=O) groups is 2. The molecule has 0 bridgehead atoms. The fraction of sp³-hybridized carbons (Fsp3) is 0.647. The van der Waals surface area contributed by atoms with Gasteiger partial charge in [-0.15, -0.1) is 0 Å². The van der Waals surface area contributed by atoms with E-state index in [-0.39, 0.29) is 19.4 Å². The number of phosphoric ester groups is 1. The van der Waals surface area contributed by atoms with Crippen LogP contribution in [0.1, 0.15) is 123 Å². The number of carbonyl (C=O) groups excluding carboxylic acids is 2. The lowest BCUT2D eigenvalue weighted by Gasteiger charge is -2.18. The Morgan fingerprint density at radius 2 is 1.12 bits per heavy atom. The first-order valence-corrected chi connectivity index (χ1v) is 17.6. The maximum absolute atomic E-state index is 12.3. The van der Waals surface area contributed by atoms with Gasteiger partial charge in [0, 0.05) is 12.8 Å². The second kappa shape index (κ2) is 29.8. The van der Waals surface area contributed by atoms with Crippen LogP contribution in [0.5, 0.6) is 0 Å². The molecule has 0 aromatic heterocycles.